The van der Waals surface area contributed by atoms with Gasteiger partial charge in [-0.1, -0.05) is 48.0 Å². The minimum atomic E-state index is -4.58. The summed E-state index contributed by atoms with van der Waals surface area (Å²) in [4.78, 5) is 9.60. The Labute approximate surface area is 172 Å². The van der Waals surface area contributed by atoms with Gasteiger partial charge in [-0.3, -0.25) is 0 Å². The second-order valence-corrected chi connectivity index (χ2v) is 7.11. The molecule has 0 aliphatic heterocycles. The van der Waals surface area contributed by atoms with Crippen LogP contribution in [-0.4, -0.2) is 28.5 Å². The van der Waals surface area contributed by atoms with Crippen molar-refractivity contribution in [2.75, 3.05) is 18.9 Å². The van der Waals surface area contributed by atoms with Crippen LogP contribution in [0.4, 0.5) is 24.8 Å². The Bertz CT molecular complexity index is 948. The number of benzene rings is 2. The van der Waals surface area contributed by atoms with Crippen LogP contribution in [-0.2, 0) is 19.1 Å². The number of halogens is 4. The topological polar surface area (TPSA) is 41.1 Å². The number of nitrogens with zero attached hydrogens (tertiary/aromatic N) is 3. The molecule has 1 N–H and O–H groups in total. The number of alkyl halides is 3. The fourth-order valence-corrected chi connectivity index (χ4v) is 3.05. The number of hydrogen-bond donors (Lipinski definition) is 1. The van der Waals surface area contributed by atoms with Crippen LogP contribution < -0.4 is 5.32 Å². The van der Waals surface area contributed by atoms with Gasteiger partial charge in [0.15, 0.2) is 5.69 Å². The molecule has 0 saturated carbocycles. The lowest BCUT2D eigenvalue weighted by molar-refractivity contribution is -0.142. The van der Waals surface area contributed by atoms with Crippen molar-refractivity contribution in [2.24, 2.45) is 0 Å². The zero-order valence-corrected chi connectivity index (χ0v) is 16.5. The highest BCUT2D eigenvalue weighted by Crippen LogP contribution is 2.32. The molecule has 3 aromatic rings. The lowest BCUT2D eigenvalue weighted by atomic mass is 10.1. The van der Waals surface area contributed by atoms with E-state index in [4.69, 9.17) is 11.6 Å². The lowest BCUT2D eigenvalue weighted by Gasteiger charge is -2.19. The molecule has 0 atom stereocenters. The van der Waals surface area contributed by atoms with Gasteiger partial charge in [-0.15, -0.1) is 0 Å². The fraction of sp³-hybridized carbons (Fsp3) is 0.238. The largest absolute Gasteiger partial charge is 0.433 e. The van der Waals surface area contributed by atoms with E-state index in [0.717, 1.165) is 12.0 Å². The second kappa shape index (κ2) is 9.24. The van der Waals surface area contributed by atoms with Crippen molar-refractivity contribution in [3.05, 3.63) is 82.6 Å². The van der Waals surface area contributed by atoms with Crippen molar-refractivity contribution < 1.29 is 13.2 Å². The van der Waals surface area contributed by atoms with E-state index in [1.54, 1.807) is 31.3 Å². The Morgan fingerprint density at radius 3 is 2.52 bits per heavy atom. The van der Waals surface area contributed by atoms with Crippen molar-refractivity contribution in [1.29, 1.82) is 0 Å². The molecule has 0 saturated heterocycles. The summed E-state index contributed by atoms with van der Waals surface area (Å²) in [5, 5.41) is 3.22. The first kappa shape index (κ1) is 21.1. The summed E-state index contributed by atoms with van der Waals surface area (Å²) >= 11 is 5.91. The molecule has 29 heavy (non-hydrogen) atoms. The highest BCUT2D eigenvalue weighted by Gasteiger charge is 2.36. The maximum atomic E-state index is 13.6. The summed E-state index contributed by atoms with van der Waals surface area (Å²) in [6.45, 7) is 0.711. The fourth-order valence-electron chi connectivity index (χ4n) is 2.86. The van der Waals surface area contributed by atoms with E-state index >= 15 is 0 Å². The monoisotopic (exact) mass is 420 g/mol. The van der Waals surface area contributed by atoms with Crippen LogP contribution in [0.5, 0.6) is 0 Å². The first-order chi connectivity index (χ1) is 13.8. The predicted octanol–water partition coefficient (Wildman–Crippen LogP) is 5.57. The third-order valence-electron chi connectivity index (χ3n) is 4.28. The number of likely N-dealkylation sites (N-methyl/N-ethyl adjacent to an activating group) is 1. The molecule has 2 aromatic carbocycles. The highest BCUT2D eigenvalue weighted by molar-refractivity contribution is 6.30. The van der Waals surface area contributed by atoms with E-state index in [2.05, 4.69) is 15.3 Å². The van der Waals surface area contributed by atoms with Crippen molar-refractivity contribution in [3.63, 3.8) is 0 Å². The zero-order valence-electron chi connectivity index (χ0n) is 15.7. The SMILES string of the molecule is CN(CCc1ccccc1)Cc1cnc(Nc2cccc(Cl)c2)nc1C(F)(F)F. The van der Waals surface area contributed by atoms with E-state index in [1.807, 2.05) is 35.2 Å². The van der Waals surface area contributed by atoms with Crippen LogP contribution in [0, 0.1) is 0 Å². The molecule has 0 amide bonds. The summed E-state index contributed by atoms with van der Waals surface area (Å²) in [6, 6.07) is 16.4. The number of anilines is 2. The standard InChI is InChI=1S/C21H20ClF3N4/c1-29(11-10-15-6-3-2-4-7-15)14-16-13-26-20(28-19(16)21(23,24)25)27-18-9-5-8-17(22)12-18/h2-9,12-13H,10-11,14H2,1H3,(H,26,27,28). The van der Waals surface area contributed by atoms with E-state index in [1.165, 1.54) is 6.20 Å². The molecule has 1 aromatic heterocycles. The minimum absolute atomic E-state index is 0.0321. The third kappa shape index (κ3) is 6.17. The number of aromatic nitrogens is 2. The summed E-state index contributed by atoms with van der Waals surface area (Å²) in [7, 11) is 1.78. The van der Waals surface area contributed by atoms with Gasteiger partial charge in [0.25, 0.3) is 0 Å². The molecule has 4 nitrogen and oxygen atoms in total. The molecule has 0 spiro atoms. The second-order valence-electron chi connectivity index (χ2n) is 6.67. The molecular formula is C21H20ClF3N4. The number of nitrogens with one attached hydrogen (secondary N) is 1. The van der Waals surface area contributed by atoms with Gasteiger partial charge in [0.1, 0.15) is 0 Å². The van der Waals surface area contributed by atoms with Gasteiger partial charge in [0, 0.05) is 35.6 Å². The molecule has 152 valence electrons. The number of hydrogen-bond acceptors (Lipinski definition) is 4. The summed E-state index contributed by atoms with van der Waals surface area (Å²) < 4.78 is 40.7. The van der Waals surface area contributed by atoms with Gasteiger partial charge in [-0.2, -0.15) is 13.2 Å². The maximum Gasteiger partial charge on any atom is 0.433 e. The summed E-state index contributed by atoms with van der Waals surface area (Å²) in [6.07, 6.45) is -2.61. The average Bonchev–Trinajstić information content (AvgIpc) is 2.68. The van der Waals surface area contributed by atoms with Gasteiger partial charge < -0.3 is 10.2 Å². The van der Waals surface area contributed by atoms with Crippen molar-refractivity contribution in [2.45, 2.75) is 19.1 Å². The predicted molar refractivity (Wildman–Crippen MR) is 108 cm³/mol. The minimum Gasteiger partial charge on any atom is -0.324 e. The van der Waals surface area contributed by atoms with Crippen LogP contribution >= 0.6 is 11.6 Å². The first-order valence-electron chi connectivity index (χ1n) is 8.99. The Balaban J connectivity index is 1.73. The van der Waals surface area contributed by atoms with Crippen LogP contribution in [0.25, 0.3) is 0 Å². The Morgan fingerprint density at radius 1 is 1.07 bits per heavy atom. The molecule has 8 heteroatoms. The summed E-state index contributed by atoms with van der Waals surface area (Å²) in [5.74, 6) is -0.129. The molecule has 0 unspecified atom stereocenters. The van der Waals surface area contributed by atoms with Crippen LogP contribution in [0.1, 0.15) is 16.8 Å². The van der Waals surface area contributed by atoms with Crippen LogP contribution in [0.2, 0.25) is 5.02 Å². The Hall–Kier alpha value is -2.64. The van der Waals surface area contributed by atoms with Gasteiger partial charge in [0.05, 0.1) is 0 Å². The molecular weight excluding hydrogens is 401 g/mol. The molecule has 0 bridgehead atoms. The Morgan fingerprint density at radius 2 is 1.83 bits per heavy atom. The third-order valence-corrected chi connectivity index (χ3v) is 4.51. The summed E-state index contributed by atoms with van der Waals surface area (Å²) in [5.41, 5.74) is 0.736. The van der Waals surface area contributed by atoms with E-state index in [-0.39, 0.29) is 18.1 Å². The van der Waals surface area contributed by atoms with Gasteiger partial charge in [-0.05, 0) is 37.2 Å². The maximum absolute atomic E-state index is 13.6. The van der Waals surface area contributed by atoms with Crippen molar-refractivity contribution >= 4 is 23.2 Å². The molecule has 0 fully saturated rings. The smallest absolute Gasteiger partial charge is 0.324 e. The molecule has 0 aliphatic rings. The first-order valence-corrected chi connectivity index (χ1v) is 9.37. The van der Waals surface area contributed by atoms with Gasteiger partial charge in [-0.25, -0.2) is 9.97 Å². The van der Waals surface area contributed by atoms with Gasteiger partial charge in [0.2, 0.25) is 5.95 Å². The van der Waals surface area contributed by atoms with Gasteiger partial charge >= 0.3 is 6.18 Å². The van der Waals surface area contributed by atoms with Crippen molar-refractivity contribution in [1.82, 2.24) is 14.9 Å². The normalized spacial score (nSPS) is 11.7. The molecule has 0 radical (unpaired) electrons. The van der Waals surface area contributed by atoms with E-state index in [0.29, 0.717) is 17.3 Å². The van der Waals surface area contributed by atoms with Crippen LogP contribution in [0.15, 0.2) is 60.8 Å². The van der Waals surface area contributed by atoms with Crippen molar-refractivity contribution in [3.8, 4) is 0 Å². The molecule has 0 aliphatic carbocycles. The average molecular weight is 421 g/mol. The molecule has 3 rings (SSSR count). The lowest BCUT2D eigenvalue weighted by Crippen LogP contribution is -2.24. The number of rotatable bonds is 7. The zero-order chi connectivity index (χ0) is 20.9. The Kier molecular flexibility index (Phi) is 6.71. The van der Waals surface area contributed by atoms with E-state index < -0.39 is 11.9 Å². The highest BCUT2D eigenvalue weighted by atomic mass is 35.5. The van der Waals surface area contributed by atoms with Crippen LogP contribution in [0.3, 0.4) is 0 Å². The quantitative estimate of drug-likeness (QED) is 0.542. The van der Waals surface area contributed by atoms with E-state index in [9.17, 15) is 13.2 Å². The molecule has 1 heterocycles.